The van der Waals surface area contributed by atoms with Gasteiger partial charge >= 0.3 is 5.97 Å². The summed E-state index contributed by atoms with van der Waals surface area (Å²) in [6, 6.07) is 15.2. The Bertz CT molecular complexity index is 1310. The van der Waals surface area contributed by atoms with Crippen LogP contribution in [0.2, 0.25) is 0 Å². The van der Waals surface area contributed by atoms with E-state index in [9.17, 15) is 9.59 Å². The number of ether oxygens (including phenoxy) is 2. The largest absolute Gasteiger partial charge is 0.497 e. The van der Waals surface area contributed by atoms with E-state index in [1.165, 1.54) is 6.92 Å². The van der Waals surface area contributed by atoms with E-state index >= 15 is 0 Å². The first-order chi connectivity index (χ1) is 17.1. The number of fused-ring (bicyclic) bond motifs is 4. The molecule has 3 aliphatic heterocycles. The summed E-state index contributed by atoms with van der Waals surface area (Å²) in [6.45, 7) is 3.28. The molecule has 3 saturated heterocycles. The Morgan fingerprint density at radius 3 is 2.71 bits per heavy atom. The number of carbonyl (C=O) groups is 2. The number of hydrogen-bond acceptors (Lipinski definition) is 6. The minimum atomic E-state index is -0.391. The maximum Gasteiger partial charge on any atom is 0.303 e. The normalized spacial score (nSPS) is 23.7. The maximum absolute atomic E-state index is 12.2. The first-order valence-corrected chi connectivity index (χ1v) is 12.0. The van der Waals surface area contributed by atoms with Gasteiger partial charge in [0, 0.05) is 47.7 Å². The molecule has 3 aliphatic rings. The standard InChI is InChI=1S/C29H28N2O4/c1-19(33)35-29(25-11-13-30-27-10-9-24(34-2)16-26(25)27)28-15-22-12-14-31(28)17-23(22)8-7-20-3-5-21(18-32)6-4-20/h3-6,9-11,13,16,18,22-23,28-29H,12,14-15,17H2,1-2H3/t22-,23-,28+,29-/m0/s1. The smallest absolute Gasteiger partial charge is 0.303 e. The van der Waals surface area contributed by atoms with Gasteiger partial charge in [-0.1, -0.05) is 24.0 Å². The summed E-state index contributed by atoms with van der Waals surface area (Å²) in [7, 11) is 1.64. The van der Waals surface area contributed by atoms with Gasteiger partial charge in [0.2, 0.25) is 0 Å². The number of carbonyl (C=O) groups excluding carboxylic acids is 2. The highest BCUT2D eigenvalue weighted by molar-refractivity contribution is 5.84. The van der Waals surface area contributed by atoms with Crippen LogP contribution in [-0.2, 0) is 9.53 Å². The number of aldehydes is 1. The van der Waals surface area contributed by atoms with Crippen LogP contribution in [0.5, 0.6) is 5.75 Å². The molecule has 0 saturated carbocycles. The summed E-state index contributed by atoms with van der Waals surface area (Å²) in [4.78, 5) is 30.0. The van der Waals surface area contributed by atoms with Crippen LogP contribution in [0.25, 0.3) is 10.9 Å². The predicted molar refractivity (Wildman–Crippen MR) is 133 cm³/mol. The highest BCUT2D eigenvalue weighted by atomic mass is 16.5. The second-order valence-electron chi connectivity index (χ2n) is 9.28. The third-order valence-electron chi connectivity index (χ3n) is 7.18. The van der Waals surface area contributed by atoms with Crippen LogP contribution < -0.4 is 4.74 Å². The lowest BCUT2D eigenvalue weighted by molar-refractivity contribution is -0.154. The fraction of sp³-hybridized carbons (Fsp3) is 0.345. The van der Waals surface area contributed by atoms with Crippen molar-refractivity contribution in [3.63, 3.8) is 0 Å². The highest BCUT2D eigenvalue weighted by Crippen LogP contribution is 2.43. The fourth-order valence-corrected chi connectivity index (χ4v) is 5.42. The summed E-state index contributed by atoms with van der Waals surface area (Å²) in [5.74, 6) is 7.93. The van der Waals surface area contributed by atoms with Crippen LogP contribution >= 0.6 is 0 Å². The Morgan fingerprint density at radius 2 is 2.03 bits per heavy atom. The highest BCUT2D eigenvalue weighted by Gasteiger charge is 2.44. The zero-order valence-electron chi connectivity index (χ0n) is 19.9. The van der Waals surface area contributed by atoms with Crippen LogP contribution in [0.15, 0.2) is 54.7 Å². The molecular weight excluding hydrogens is 440 g/mol. The van der Waals surface area contributed by atoms with Gasteiger partial charge in [-0.3, -0.25) is 19.5 Å². The molecule has 6 nitrogen and oxygen atoms in total. The molecule has 0 aliphatic carbocycles. The molecule has 1 aromatic heterocycles. The third-order valence-corrected chi connectivity index (χ3v) is 7.18. The van der Waals surface area contributed by atoms with E-state index in [0.29, 0.717) is 11.5 Å². The topological polar surface area (TPSA) is 68.7 Å². The van der Waals surface area contributed by atoms with Gasteiger partial charge in [0.15, 0.2) is 0 Å². The van der Waals surface area contributed by atoms with Gasteiger partial charge in [0.25, 0.3) is 0 Å². The predicted octanol–water partition coefficient (Wildman–Crippen LogP) is 4.42. The average Bonchev–Trinajstić information content (AvgIpc) is 2.90. The van der Waals surface area contributed by atoms with Crippen molar-refractivity contribution >= 4 is 23.2 Å². The van der Waals surface area contributed by atoms with E-state index in [2.05, 4.69) is 21.7 Å². The van der Waals surface area contributed by atoms with Crippen molar-refractivity contribution in [2.45, 2.75) is 31.9 Å². The van der Waals surface area contributed by atoms with Gasteiger partial charge < -0.3 is 9.47 Å². The zero-order chi connectivity index (χ0) is 24.4. The summed E-state index contributed by atoms with van der Waals surface area (Å²) < 4.78 is 11.4. The Morgan fingerprint density at radius 1 is 1.20 bits per heavy atom. The van der Waals surface area contributed by atoms with Gasteiger partial charge in [-0.15, -0.1) is 0 Å². The van der Waals surface area contributed by atoms with E-state index in [0.717, 1.165) is 60.0 Å². The van der Waals surface area contributed by atoms with Crippen molar-refractivity contribution in [3.05, 3.63) is 71.4 Å². The quantitative estimate of drug-likeness (QED) is 0.314. The number of aromatic nitrogens is 1. The average molecular weight is 469 g/mol. The van der Waals surface area contributed by atoms with Crippen LogP contribution in [0.3, 0.4) is 0 Å². The number of nitrogens with zero attached hydrogens (tertiary/aromatic N) is 2. The van der Waals surface area contributed by atoms with Crippen molar-refractivity contribution < 1.29 is 19.1 Å². The Balaban J connectivity index is 1.42. The van der Waals surface area contributed by atoms with Crippen molar-refractivity contribution in [2.24, 2.45) is 11.8 Å². The van der Waals surface area contributed by atoms with E-state index in [4.69, 9.17) is 9.47 Å². The maximum atomic E-state index is 12.2. The van der Waals surface area contributed by atoms with Gasteiger partial charge in [0.1, 0.15) is 18.1 Å². The lowest BCUT2D eigenvalue weighted by atomic mass is 9.73. The van der Waals surface area contributed by atoms with Gasteiger partial charge in [0.05, 0.1) is 18.7 Å². The second-order valence-corrected chi connectivity index (χ2v) is 9.28. The Kier molecular flexibility index (Phi) is 6.52. The van der Waals surface area contributed by atoms with Crippen molar-refractivity contribution in [1.82, 2.24) is 9.88 Å². The molecule has 0 amide bonds. The lowest BCUT2D eigenvalue weighted by Crippen LogP contribution is -2.55. The number of piperidine rings is 3. The van der Waals surface area contributed by atoms with Gasteiger partial charge in [-0.2, -0.15) is 0 Å². The number of hydrogen-bond donors (Lipinski definition) is 0. The third kappa shape index (κ3) is 4.78. The number of pyridine rings is 1. The summed E-state index contributed by atoms with van der Waals surface area (Å²) >= 11 is 0. The van der Waals surface area contributed by atoms with Crippen LogP contribution in [-0.4, -0.2) is 48.4 Å². The molecule has 3 fully saturated rings. The monoisotopic (exact) mass is 468 g/mol. The van der Waals surface area contributed by atoms with Crippen LogP contribution in [0.1, 0.15) is 47.4 Å². The van der Waals surface area contributed by atoms with E-state index in [1.807, 2.05) is 36.4 Å². The molecule has 4 heterocycles. The first-order valence-electron chi connectivity index (χ1n) is 12.0. The van der Waals surface area contributed by atoms with Crippen LogP contribution in [0, 0.1) is 23.7 Å². The Hall–Kier alpha value is -3.69. The summed E-state index contributed by atoms with van der Waals surface area (Å²) in [5.41, 5.74) is 3.37. The first kappa shape index (κ1) is 23.1. The molecular formula is C29H28N2O4. The minimum Gasteiger partial charge on any atom is -0.497 e. The molecule has 2 bridgehead atoms. The van der Waals surface area contributed by atoms with Gasteiger partial charge in [-0.05, 0) is 61.7 Å². The zero-order valence-corrected chi connectivity index (χ0v) is 19.9. The van der Waals surface area contributed by atoms with Crippen molar-refractivity contribution in [2.75, 3.05) is 20.2 Å². The molecule has 0 spiro atoms. The molecule has 5 atom stereocenters. The molecule has 0 radical (unpaired) electrons. The number of rotatable bonds is 5. The minimum absolute atomic E-state index is 0.0828. The second kappa shape index (κ2) is 9.89. The van der Waals surface area contributed by atoms with E-state index in [1.54, 1.807) is 25.4 Å². The lowest BCUT2D eigenvalue weighted by Gasteiger charge is -2.50. The molecule has 35 heavy (non-hydrogen) atoms. The molecule has 3 aromatic rings. The molecule has 6 rings (SSSR count). The van der Waals surface area contributed by atoms with Gasteiger partial charge in [-0.25, -0.2) is 0 Å². The van der Waals surface area contributed by atoms with E-state index in [-0.39, 0.29) is 17.9 Å². The number of esters is 1. The van der Waals surface area contributed by atoms with Crippen molar-refractivity contribution in [1.29, 1.82) is 0 Å². The van der Waals surface area contributed by atoms with Crippen molar-refractivity contribution in [3.8, 4) is 17.6 Å². The van der Waals surface area contributed by atoms with Crippen LogP contribution in [0.4, 0.5) is 0 Å². The molecule has 1 unspecified atom stereocenters. The number of benzene rings is 2. The molecule has 2 aromatic carbocycles. The van der Waals surface area contributed by atoms with E-state index < -0.39 is 6.10 Å². The summed E-state index contributed by atoms with van der Waals surface area (Å²) in [6.07, 6.45) is 4.22. The summed E-state index contributed by atoms with van der Waals surface area (Å²) in [5, 5.41) is 0.941. The number of methoxy groups -OCH3 is 1. The Labute approximate surface area is 205 Å². The molecule has 178 valence electrons. The molecule has 6 heteroatoms. The fourth-order valence-electron chi connectivity index (χ4n) is 5.42. The molecule has 0 N–H and O–H groups in total. The SMILES string of the molecule is COc1ccc2nccc([C@H](OC(C)=O)[C@H]3C[C@@H]4CCN3C[C@@H]4C#Cc3ccc(C=O)cc3)c2c1.